The van der Waals surface area contributed by atoms with Crippen molar-refractivity contribution in [3.63, 3.8) is 0 Å². The van der Waals surface area contributed by atoms with Gasteiger partial charge in [-0.05, 0) is 70.6 Å². The lowest BCUT2D eigenvalue weighted by atomic mass is 10.0. The molecule has 0 amide bonds. The summed E-state index contributed by atoms with van der Waals surface area (Å²) in [5, 5.41) is 0. The monoisotopic (exact) mass is 1200 g/mol. The molecule has 0 radical (unpaired) electrons. The van der Waals surface area contributed by atoms with Crippen LogP contribution in [0.2, 0.25) is 0 Å². The first-order chi connectivity index (χ1) is 41.3. The maximum atomic E-state index is 12.8. The number of allylic oxidation sites excluding steroid dienone is 14. The first-order valence-corrected chi connectivity index (χ1v) is 37.1. The fraction of sp³-hybridized carbons (Fsp3) is 0.784. The highest BCUT2D eigenvalue weighted by atomic mass is 31.2. The van der Waals surface area contributed by atoms with E-state index in [0.717, 1.165) is 89.9 Å². The van der Waals surface area contributed by atoms with E-state index in [2.05, 4.69) is 98.9 Å². The van der Waals surface area contributed by atoms with E-state index in [1.165, 1.54) is 218 Å². The zero-order chi connectivity index (χ0) is 60.9. The van der Waals surface area contributed by atoms with Crippen LogP contribution < -0.4 is 5.73 Å². The predicted molar refractivity (Wildman–Crippen MR) is 362 cm³/mol. The van der Waals surface area contributed by atoms with Gasteiger partial charge in [-0.3, -0.25) is 18.6 Å². The van der Waals surface area contributed by atoms with Crippen molar-refractivity contribution in [3.8, 4) is 0 Å². The summed E-state index contributed by atoms with van der Waals surface area (Å²) in [7, 11) is -4.40. The van der Waals surface area contributed by atoms with Crippen LogP contribution in [0, 0.1) is 0 Å². The van der Waals surface area contributed by atoms with Crippen LogP contribution in [0.25, 0.3) is 0 Å². The van der Waals surface area contributed by atoms with Crippen molar-refractivity contribution in [3.05, 3.63) is 85.1 Å². The number of esters is 2. The van der Waals surface area contributed by atoms with Gasteiger partial charge in [0.15, 0.2) is 6.10 Å². The molecule has 0 saturated heterocycles. The fourth-order valence-corrected chi connectivity index (χ4v) is 11.1. The number of carbonyl (C=O) groups is 2. The summed E-state index contributed by atoms with van der Waals surface area (Å²) in [6, 6.07) is 0. The van der Waals surface area contributed by atoms with Crippen LogP contribution in [0.3, 0.4) is 0 Å². The summed E-state index contributed by atoms with van der Waals surface area (Å²) >= 11 is 0. The fourth-order valence-electron chi connectivity index (χ4n) is 10.3. The summed E-state index contributed by atoms with van der Waals surface area (Å²) in [5.41, 5.74) is 5.40. The number of unbranched alkanes of at least 4 members (excludes halogenated alkanes) is 40. The second-order valence-corrected chi connectivity index (χ2v) is 25.2. The van der Waals surface area contributed by atoms with Crippen LogP contribution in [0.1, 0.15) is 341 Å². The first-order valence-electron chi connectivity index (χ1n) is 35.6. The molecular formula is C74H134NO8P. The number of phosphoric ester groups is 1. The average Bonchev–Trinajstić information content (AvgIpc) is 3.58. The molecule has 0 fully saturated rings. The minimum absolute atomic E-state index is 0.0504. The van der Waals surface area contributed by atoms with Crippen molar-refractivity contribution in [1.82, 2.24) is 0 Å². The number of ether oxygens (including phenoxy) is 2. The van der Waals surface area contributed by atoms with Crippen LogP contribution in [0.15, 0.2) is 85.1 Å². The molecule has 84 heavy (non-hydrogen) atoms. The lowest BCUT2D eigenvalue weighted by Crippen LogP contribution is -2.29. The molecule has 0 aromatic rings. The van der Waals surface area contributed by atoms with Crippen molar-refractivity contribution in [2.45, 2.75) is 347 Å². The third-order valence-electron chi connectivity index (χ3n) is 15.5. The van der Waals surface area contributed by atoms with Crippen LogP contribution in [0.4, 0.5) is 0 Å². The van der Waals surface area contributed by atoms with E-state index < -0.39 is 26.5 Å². The van der Waals surface area contributed by atoms with Gasteiger partial charge in [0.05, 0.1) is 13.2 Å². The number of rotatable bonds is 67. The highest BCUT2D eigenvalue weighted by Gasteiger charge is 2.26. The maximum absolute atomic E-state index is 12.8. The lowest BCUT2D eigenvalue weighted by molar-refractivity contribution is -0.161. The van der Waals surface area contributed by atoms with E-state index in [-0.39, 0.29) is 38.6 Å². The second kappa shape index (κ2) is 69.3. The van der Waals surface area contributed by atoms with Gasteiger partial charge in [-0.1, -0.05) is 343 Å². The van der Waals surface area contributed by atoms with Gasteiger partial charge < -0.3 is 20.1 Å². The molecule has 3 N–H and O–H groups in total. The molecule has 0 saturated carbocycles. The van der Waals surface area contributed by atoms with Crippen LogP contribution in [-0.2, 0) is 32.7 Å². The molecule has 0 aliphatic heterocycles. The van der Waals surface area contributed by atoms with E-state index in [1.807, 2.05) is 0 Å². The molecule has 10 heteroatoms. The summed E-state index contributed by atoms with van der Waals surface area (Å²) < 4.78 is 33.2. The zero-order valence-electron chi connectivity index (χ0n) is 54.9. The van der Waals surface area contributed by atoms with E-state index in [4.69, 9.17) is 24.3 Å². The summed E-state index contributed by atoms with van der Waals surface area (Å²) in [6.07, 6.45) is 92.6. The highest BCUT2D eigenvalue weighted by molar-refractivity contribution is 7.47. The van der Waals surface area contributed by atoms with E-state index in [0.29, 0.717) is 6.42 Å². The van der Waals surface area contributed by atoms with Gasteiger partial charge in [0.25, 0.3) is 0 Å². The van der Waals surface area contributed by atoms with Gasteiger partial charge in [-0.2, -0.15) is 0 Å². The molecule has 0 bridgehead atoms. The highest BCUT2D eigenvalue weighted by Crippen LogP contribution is 2.43. The van der Waals surface area contributed by atoms with Gasteiger partial charge in [-0.25, -0.2) is 4.57 Å². The van der Waals surface area contributed by atoms with E-state index in [1.54, 1.807) is 0 Å². The maximum Gasteiger partial charge on any atom is 0.472 e. The Balaban J connectivity index is 3.88. The standard InChI is InChI=1S/C74H134NO8P/c1-3-5-7-9-11-13-15-17-19-21-23-25-27-29-31-33-35-37-38-40-42-44-46-48-50-52-54-56-58-60-62-64-66-73(76)80-70-72(71-82-84(78,79)81-69-68-75)83-74(77)67-65-63-61-59-57-55-53-51-49-47-45-43-41-39-36-34-32-30-28-26-24-22-20-18-16-14-12-10-8-6-4-2/h6,8,12,14,18,20,24,26,30,32,36,39,43,45,72H,3-5,7,9-11,13,15-17,19,21-23,25,27-29,31,33-35,37-38,40-42,44,46-71,75H2,1-2H3,(H,78,79)/b8-6-,14-12-,20-18-,26-24-,32-30-,39-36-,45-43-. The van der Waals surface area contributed by atoms with Crippen molar-refractivity contribution in [1.29, 1.82) is 0 Å². The third kappa shape index (κ3) is 68.3. The number of carbonyl (C=O) groups excluding carboxylic acids is 2. The van der Waals surface area contributed by atoms with Crippen LogP contribution >= 0.6 is 7.82 Å². The molecule has 2 atom stereocenters. The summed E-state index contributed by atoms with van der Waals surface area (Å²) in [6.45, 7) is 3.67. The Hall–Kier alpha value is -2.81. The number of nitrogens with two attached hydrogens (primary N) is 1. The molecule has 0 aromatic carbocycles. The van der Waals surface area contributed by atoms with Crippen molar-refractivity contribution in [2.75, 3.05) is 26.4 Å². The summed E-state index contributed by atoms with van der Waals surface area (Å²) in [4.78, 5) is 35.4. The molecule has 0 rings (SSSR count). The summed E-state index contributed by atoms with van der Waals surface area (Å²) in [5.74, 6) is -0.823. The Morgan fingerprint density at radius 1 is 0.369 bits per heavy atom. The molecule has 0 aromatic heterocycles. The van der Waals surface area contributed by atoms with E-state index >= 15 is 0 Å². The van der Waals surface area contributed by atoms with E-state index in [9.17, 15) is 19.0 Å². The second-order valence-electron chi connectivity index (χ2n) is 23.7. The lowest BCUT2D eigenvalue weighted by Gasteiger charge is -2.19. The number of hydrogen-bond acceptors (Lipinski definition) is 8. The Morgan fingerprint density at radius 2 is 0.655 bits per heavy atom. The molecule has 0 aliphatic rings. The molecule has 0 spiro atoms. The quantitative estimate of drug-likeness (QED) is 0.0264. The molecule has 9 nitrogen and oxygen atoms in total. The van der Waals surface area contributed by atoms with Gasteiger partial charge in [0, 0.05) is 19.4 Å². The Bertz CT molecular complexity index is 1650. The van der Waals surface area contributed by atoms with Gasteiger partial charge in [0.2, 0.25) is 0 Å². The Labute approximate surface area is 519 Å². The van der Waals surface area contributed by atoms with Gasteiger partial charge in [-0.15, -0.1) is 0 Å². The number of hydrogen-bond donors (Lipinski definition) is 2. The van der Waals surface area contributed by atoms with Crippen molar-refractivity contribution in [2.24, 2.45) is 5.73 Å². The largest absolute Gasteiger partial charge is 0.472 e. The molecular weight excluding hydrogens is 1060 g/mol. The van der Waals surface area contributed by atoms with Gasteiger partial charge >= 0.3 is 19.8 Å². The van der Waals surface area contributed by atoms with Gasteiger partial charge in [0.1, 0.15) is 6.61 Å². The normalized spacial score (nSPS) is 13.4. The van der Waals surface area contributed by atoms with Crippen LogP contribution in [0.5, 0.6) is 0 Å². The SMILES string of the molecule is CC/C=C\C/C=C\C/C=C\C/C=C\C/C=C\C/C=C\C/C=C\CCCCCCCCCCCC(=O)OC(COC(=O)CCCCCCCCCCCCCCCCCCCCCCCCCCCCCCCCCC)COP(=O)(O)OCCN. The number of phosphoric acid groups is 1. The molecule has 2 unspecified atom stereocenters. The minimum atomic E-state index is -4.40. The van der Waals surface area contributed by atoms with Crippen molar-refractivity contribution >= 4 is 19.8 Å². The third-order valence-corrected chi connectivity index (χ3v) is 16.5. The topological polar surface area (TPSA) is 134 Å². The van der Waals surface area contributed by atoms with Crippen LogP contribution in [-0.4, -0.2) is 49.3 Å². The first kappa shape index (κ1) is 81.2. The Morgan fingerprint density at radius 3 is 0.976 bits per heavy atom. The average molecular weight is 1200 g/mol. The minimum Gasteiger partial charge on any atom is -0.462 e. The Kier molecular flexibility index (Phi) is 67.0. The smallest absolute Gasteiger partial charge is 0.462 e. The zero-order valence-corrected chi connectivity index (χ0v) is 55.8. The molecule has 0 aliphatic carbocycles. The van der Waals surface area contributed by atoms with Crippen molar-refractivity contribution < 1.29 is 37.6 Å². The predicted octanol–water partition coefficient (Wildman–Crippen LogP) is 23.4. The molecule has 488 valence electrons. The molecule has 0 heterocycles.